The number of rotatable bonds is 7. The molecule has 1 aromatic heterocycles. The summed E-state index contributed by atoms with van der Waals surface area (Å²) in [6.45, 7) is 2.68. The Morgan fingerprint density at radius 3 is 2.48 bits per heavy atom. The van der Waals surface area contributed by atoms with Gasteiger partial charge in [-0.2, -0.15) is 0 Å². The van der Waals surface area contributed by atoms with Gasteiger partial charge in [0, 0.05) is 48.2 Å². The molecule has 0 spiro atoms. The predicted molar refractivity (Wildman–Crippen MR) is 114 cm³/mol. The number of hydrogen-bond donors (Lipinski definition) is 2. The molecule has 4 N–H and O–H groups in total. The highest BCUT2D eigenvalue weighted by Crippen LogP contribution is 2.27. The predicted octanol–water partition coefficient (Wildman–Crippen LogP) is 2.75. The molecular formula is C23H26N4O2. The monoisotopic (exact) mass is 390 g/mol. The Labute approximate surface area is 170 Å². The van der Waals surface area contributed by atoms with Gasteiger partial charge in [-0.05, 0) is 60.8 Å². The molecule has 0 radical (unpaired) electrons. The van der Waals surface area contributed by atoms with E-state index < -0.39 is 5.91 Å². The first-order valence-corrected chi connectivity index (χ1v) is 10.0. The van der Waals surface area contributed by atoms with Crippen molar-refractivity contribution in [3.63, 3.8) is 0 Å². The number of fused-ring (bicyclic) bond motifs is 1. The summed E-state index contributed by atoms with van der Waals surface area (Å²) in [6, 6.07) is 16.4. The first kappa shape index (κ1) is 19.2. The Bertz CT molecular complexity index is 1040. The number of carbonyl (C=O) groups excluding carboxylic acids is 2. The smallest absolute Gasteiger partial charge is 0.248 e. The van der Waals surface area contributed by atoms with Crippen molar-refractivity contribution in [3.05, 3.63) is 60.3 Å². The van der Waals surface area contributed by atoms with Gasteiger partial charge in [0.25, 0.3) is 0 Å². The molecule has 1 aliphatic rings. The molecule has 0 saturated carbocycles. The number of aromatic nitrogens is 1. The standard InChI is InChI=1S/C23H26N4O2/c24-22(28)10-13-26-11-1-2-20(26)15-27-12-9-19-14-18(7-8-21(19)27)16-3-5-17(6-4-16)23(25)29/h3-9,12,14,20H,1-2,10-11,13,15H2,(H2,24,28)(H2,25,29)/t20-/m1/s1. The van der Waals surface area contributed by atoms with Crippen molar-refractivity contribution < 1.29 is 9.59 Å². The van der Waals surface area contributed by atoms with Gasteiger partial charge in [-0.25, -0.2) is 0 Å². The molecule has 0 bridgehead atoms. The Hall–Kier alpha value is -3.12. The van der Waals surface area contributed by atoms with Crippen molar-refractivity contribution in [2.24, 2.45) is 11.5 Å². The number of nitrogens with two attached hydrogens (primary N) is 2. The molecule has 1 saturated heterocycles. The minimum absolute atomic E-state index is 0.238. The zero-order valence-corrected chi connectivity index (χ0v) is 16.4. The lowest BCUT2D eigenvalue weighted by Gasteiger charge is -2.24. The number of carbonyl (C=O) groups is 2. The third-order valence-electron chi connectivity index (χ3n) is 5.83. The molecule has 2 heterocycles. The van der Waals surface area contributed by atoms with Gasteiger partial charge < -0.3 is 16.0 Å². The third-order valence-corrected chi connectivity index (χ3v) is 5.83. The first-order valence-electron chi connectivity index (χ1n) is 10.0. The van der Waals surface area contributed by atoms with E-state index in [1.807, 2.05) is 12.1 Å². The van der Waals surface area contributed by atoms with Crippen LogP contribution in [0.2, 0.25) is 0 Å². The second kappa shape index (κ2) is 8.09. The maximum Gasteiger partial charge on any atom is 0.248 e. The summed E-state index contributed by atoms with van der Waals surface area (Å²) in [5.74, 6) is -0.653. The molecule has 0 aliphatic carbocycles. The molecule has 150 valence electrons. The van der Waals surface area contributed by atoms with Crippen LogP contribution in [0.3, 0.4) is 0 Å². The lowest BCUT2D eigenvalue weighted by molar-refractivity contribution is -0.118. The van der Waals surface area contributed by atoms with Crippen LogP contribution in [0.1, 0.15) is 29.6 Å². The minimum Gasteiger partial charge on any atom is -0.370 e. The topological polar surface area (TPSA) is 94.3 Å². The van der Waals surface area contributed by atoms with E-state index in [-0.39, 0.29) is 5.91 Å². The summed E-state index contributed by atoms with van der Waals surface area (Å²) in [4.78, 5) is 24.8. The zero-order chi connectivity index (χ0) is 20.4. The summed E-state index contributed by atoms with van der Waals surface area (Å²) in [5.41, 5.74) is 14.5. The van der Waals surface area contributed by atoms with Crippen LogP contribution in [-0.4, -0.2) is 40.4 Å². The van der Waals surface area contributed by atoms with Gasteiger partial charge in [-0.1, -0.05) is 18.2 Å². The fourth-order valence-electron chi connectivity index (χ4n) is 4.24. The number of benzene rings is 2. The van der Waals surface area contributed by atoms with Crippen molar-refractivity contribution in [2.75, 3.05) is 13.1 Å². The largest absolute Gasteiger partial charge is 0.370 e. The highest BCUT2D eigenvalue weighted by Gasteiger charge is 2.25. The Balaban J connectivity index is 1.52. The highest BCUT2D eigenvalue weighted by atomic mass is 16.1. The summed E-state index contributed by atoms with van der Waals surface area (Å²) in [5, 5.41) is 1.18. The van der Waals surface area contributed by atoms with Gasteiger partial charge in [0.1, 0.15) is 0 Å². The normalized spacial score (nSPS) is 17.0. The Morgan fingerprint density at radius 2 is 1.76 bits per heavy atom. The van der Waals surface area contributed by atoms with Crippen molar-refractivity contribution in [1.82, 2.24) is 9.47 Å². The number of hydrogen-bond acceptors (Lipinski definition) is 3. The van der Waals surface area contributed by atoms with E-state index in [1.54, 1.807) is 12.1 Å². The van der Waals surface area contributed by atoms with E-state index in [9.17, 15) is 9.59 Å². The lowest BCUT2D eigenvalue weighted by Crippen LogP contribution is -2.35. The van der Waals surface area contributed by atoms with E-state index >= 15 is 0 Å². The summed E-state index contributed by atoms with van der Waals surface area (Å²) in [7, 11) is 0. The van der Waals surface area contributed by atoms with Gasteiger partial charge in [-0.3, -0.25) is 14.5 Å². The first-order chi connectivity index (χ1) is 14.0. The van der Waals surface area contributed by atoms with E-state index in [2.05, 4.69) is 39.9 Å². The molecule has 2 aromatic carbocycles. The van der Waals surface area contributed by atoms with Crippen LogP contribution >= 0.6 is 0 Å². The molecule has 6 heteroatoms. The van der Waals surface area contributed by atoms with Crippen LogP contribution in [0.25, 0.3) is 22.0 Å². The van der Waals surface area contributed by atoms with Crippen molar-refractivity contribution in [3.8, 4) is 11.1 Å². The van der Waals surface area contributed by atoms with Crippen LogP contribution in [0.15, 0.2) is 54.7 Å². The molecular weight excluding hydrogens is 364 g/mol. The Morgan fingerprint density at radius 1 is 1.00 bits per heavy atom. The fourth-order valence-corrected chi connectivity index (χ4v) is 4.24. The van der Waals surface area contributed by atoms with Crippen LogP contribution in [0, 0.1) is 0 Å². The van der Waals surface area contributed by atoms with E-state index in [0.717, 1.165) is 43.6 Å². The van der Waals surface area contributed by atoms with Crippen LogP contribution < -0.4 is 11.5 Å². The van der Waals surface area contributed by atoms with Crippen LogP contribution in [0.4, 0.5) is 0 Å². The van der Waals surface area contributed by atoms with E-state index in [0.29, 0.717) is 18.0 Å². The second-order valence-corrected chi connectivity index (χ2v) is 7.73. The fraction of sp³-hybridized carbons (Fsp3) is 0.304. The third kappa shape index (κ3) is 4.17. The van der Waals surface area contributed by atoms with Gasteiger partial charge in [-0.15, -0.1) is 0 Å². The van der Waals surface area contributed by atoms with Crippen LogP contribution in [-0.2, 0) is 11.3 Å². The van der Waals surface area contributed by atoms with Crippen molar-refractivity contribution in [1.29, 1.82) is 0 Å². The van der Waals surface area contributed by atoms with Gasteiger partial charge in [0.05, 0.1) is 0 Å². The summed E-state index contributed by atoms with van der Waals surface area (Å²) < 4.78 is 2.29. The molecule has 29 heavy (non-hydrogen) atoms. The van der Waals surface area contributed by atoms with Gasteiger partial charge in [0.2, 0.25) is 11.8 Å². The average molecular weight is 390 g/mol. The van der Waals surface area contributed by atoms with Crippen LogP contribution in [0.5, 0.6) is 0 Å². The van der Waals surface area contributed by atoms with E-state index in [4.69, 9.17) is 11.5 Å². The number of primary amides is 2. The quantitative estimate of drug-likeness (QED) is 0.649. The molecule has 2 amide bonds. The molecule has 0 unspecified atom stereocenters. The molecule has 6 nitrogen and oxygen atoms in total. The SMILES string of the molecule is NC(=O)CCN1CCC[C@@H]1Cn1ccc2cc(-c3ccc(C(N)=O)cc3)ccc21. The highest BCUT2D eigenvalue weighted by molar-refractivity contribution is 5.93. The molecule has 1 atom stereocenters. The van der Waals surface area contributed by atoms with Gasteiger partial charge >= 0.3 is 0 Å². The van der Waals surface area contributed by atoms with Crippen molar-refractivity contribution >= 4 is 22.7 Å². The second-order valence-electron chi connectivity index (χ2n) is 7.73. The van der Waals surface area contributed by atoms with E-state index in [1.165, 1.54) is 10.9 Å². The molecule has 4 rings (SSSR count). The average Bonchev–Trinajstić information content (AvgIpc) is 3.33. The maximum atomic E-state index is 11.3. The number of likely N-dealkylation sites (tertiary alicyclic amines) is 1. The molecule has 1 fully saturated rings. The number of nitrogens with zero attached hydrogens (tertiary/aromatic N) is 2. The molecule has 1 aliphatic heterocycles. The van der Waals surface area contributed by atoms with Gasteiger partial charge in [0.15, 0.2) is 0 Å². The summed E-state index contributed by atoms with van der Waals surface area (Å²) >= 11 is 0. The Kier molecular flexibility index (Phi) is 5.36. The molecule has 3 aromatic rings. The minimum atomic E-state index is -0.416. The summed E-state index contributed by atoms with van der Waals surface area (Å²) in [6.07, 6.45) is 4.85. The van der Waals surface area contributed by atoms with Crippen molar-refractivity contribution in [2.45, 2.75) is 31.8 Å². The number of amides is 2. The maximum absolute atomic E-state index is 11.3. The zero-order valence-electron chi connectivity index (χ0n) is 16.4. The lowest BCUT2D eigenvalue weighted by atomic mass is 10.0.